The Morgan fingerprint density at radius 1 is 1.15 bits per heavy atom. The summed E-state index contributed by atoms with van der Waals surface area (Å²) in [7, 11) is 0. The highest BCUT2D eigenvalue weighted by atomic mass is 16.5. The second-order valence-corrected chi connectivity index (χ2v) is 7.42. The normalized spacial score (nSPS) is 27.8. The maximum Gasteiger partial charge on any atom is 0.0565 e. The molecule has 2 atom stereocenters. The molecule has 3 heteroatoms. The summed E-state index contributed by atoms with van der Waals surface area (Å²) in [6, 6.07) is 0. The highest BCUT2D eigenvalue weighted by Crippen LogP contribution is 2.31. The van der Waals surface area contributed by atoms with Gasteiger partial charge in [-0.15, -0.1) is 0 Å². The Labute approximate surface area is 126 Å². The van der Waals surface area contributed by atoms with Gasteiger partial charge < -0.3 is 10.5 Å². The topological polar surface area (TPSA) is 38.5 Å². The van der Waals surface area contributed by atoms with Crippen LogP contribution in [0, 0.1) is 11.8 Å². The molecule has 0 bridgehead atoms. The van der Waals surface area contributed by atoms with Gasteiger partial charge in [-0.25, -0.2) is 0 Å². The average molecular weight is 284 g/mol. The van der Waals surface area contributed by atoms with E-state index in [2.05, 4.69) is 39.5 Å². The largest absolute Gasteiger partial charge is 0.378 e. The van der Waals surface area contributed by atoms with Crippen LogP contribution >= 0.6 is 0 Å². The highest BCUT2D eigenvalue weighted by molar-refractivity contribution is 4.95. The van der Waals surface area contributed by atoms with Gasteiger partial charge in [-0.05, 0) is 57.5 Å². The summed E-state index contributed by atoms with van der Waals surface area (Å²) in [5.74, 6) is 1.51. The molecule has 1 fully saturated rings. The average Bonchev–Trinajstić information content (AvgIpc) is 2.37. The zero-order valence-electron chi connectivity index (χ0n) is 14.3. The SMILES string of the molecule is CC(C)CCN(CCC(C)C)C1(CN)CCOC(C)C1. The molecule has 0 aromatic carbocycles. The first kappa shape index (κ1) is 17.9. The second kappa shape index (κ2) is 8.35. The fourth-order valence-electron chi connectivity index (χ4n) is 3.16. The standard InChI is InChI=1S/C17H36N2O/c1-14(2)6-9-19(10-7-15(3)4)17(13-18)8-11-20-16(5)12-17/h14-16H,6-13,18H2,1-5H3. The minimum atomic E-state index is 0.168. The van der Waals surface area contributed by atoms with Gasteiger partial charge in [0.2, 0.25) is 0 Å². The molecule has 3 nitrogen and oxygen atoms in total. The molecule has 1 heterocycles. The van der Waals surface area contributed by atoms with Crippen LogP contribution in [0.3, 0.4) is 0 Å². The smallest absolute Gasteiger partial charge is 0.0565 e. The van der Waals surface area contributed by atoms with Crippen molar-refractivity contribution in [3.8, 4) is 0 Å². The molecule has 2 unspecified atom stereocenters. The maximum absolute atomic E-state index is 6.22. The van der Waals surface area contributed by atoms with Crippen LogP contribution in [0.15, 0.2) is 0 Å². The number of hydrogen-bond acceptors (Lipinski definition) is 3. The molecule has 1 aliphatic rings. The molecule has 0 aromatic rings. The lowest BCUT2D eigenvalue weighted by molar-refractivity contribution is -0.0658. The van der Waals surface area contributed by atoms with E-state index in [0.29, 0.717) is 6.10 Å². The van der Waals surface area contributed by atoms with Crippen molar-refractivity contribution in [2.75, 3.05) is 26.2 Å². The zero-order valence-corrected chi connectivity index (χ0v) is 14.3. The van der Waals surface area contributed by atoms with Crippen LogP contribution in [0.25, 0.3) is 0 Å². The summed E-state index contributed by atoms with van der Waals surface area (Å²) in [5.41, 5.74) is 6.39. The maximum atomic E-state index is 6.22. The number of nitrogens with zero attached hydrogens (tertiary/aromatic N) is 1. The third-order valence-electron chi connectivity index (χ3n) is 4.64. The Hall–Kier alpha value is -0.120. The van der Waals surface area contributed by atoms with E-state index in [1.807, 2.05) is 0 Å². The first-order valence-corrected chi connectivity index (χ1v) is 8.46. The van der Waals surface area contributed by atoms with Crippen molar-refractivity contribution < 1.29 is 4.74 Å². The highest BCUT2D eigenvalue weighted by Gasteiger charge is 2.39. The van der Waals surface area contributed by atoms with Crippen molar-refractivity contribution in [3.05, 3.63) is 0 Å². The van der Waals surface area contributed by atoms with E-state index < -0.39 is 0 Å². The van der Waals surface area contributed by atoms with E-state index in [0.717, 1.165) is 37.8 Å². The Bertz CT molecular complexity index is 256. The summed E-state index contributed by atoms with van der Waals surface area (Å²) in [4.78, 5) is 2.69. The van der Waals surface area contributed by atoms with Crippen LogP contribution in [-0.4, -0.2) is 42.8 Å². The molecule has 0 radical (unpaired) electrons. The van der Waals surface area contributed by atoms with Gasteiger partial charge in [0.1, 0.15) is 0 Å². The van der Waals surface area contributed by atoms with Gasteiger partial charge in [0, 0.05) is 18.7 Å². The lowest BCUT2D eigenvalue weighted by Gasteiger charge is -2.48. The summed E-state index contributed by atoms with van der Waals surface area (Å²) in [5, 5.41) is 0. The molecule has 0 spiro atoms. The third kappa shape index (κ3) is 5.34. The summed E-state index contributed by atoms with van der Waals surface area (Å²) in [6.45, 7) is 15.4. The van der Waals surface area contributed by atoms with Crippen LogP contribution in [0.1, 0.15) is 60.3 Å². The van der Waals surface area contributed by atoms with Crippen molar-refractivity contribution in [3.63, 3.8) is 0 Å². The van der Waals surface area contributed by atoms with E-state index in [4.69, 9.17) is 10.5 Å². The lowest BCUT2D eigenvalue weighted by atomic mass is 9.84. The molecule has 2 N–H and O–H groups in total. The predicted molar refractivity (Wildman–Crippen MR) is 86.9 cm³/mol. The first-order chi connectivity index (χ1) is 9.39. The fourth-order valence-corrected chi connectivity index (χ4v) is 3.16. The molecule has 1 saturated heterocycles. The minimum Gasteiger partial charge on any atom is -0.378 e. The summed E-state index contributed by atoms with van der Waals surface area (Å²) >= 11 is 0. The molecule has 20 heavy (non-hydrogen) atoms. The quantitative estimate of drug-likeness (QED) is 0.743. The monoisotopic (exact) mass is 284 g/mol. The number of rotatable bonds is 8. The molecule has 0 aromatic heterocycles. The van der Waals surface area contributed by atoms with Gasteiger partial charge in [0.15, 0.2) is 0 Å². The molecule has 0 aliphatic carbocycles. The van der Waals surface area contributed by atoms with Crippen LogP contribution in [0.5, 0.6) is 0 Å². The first-order valence-electron chi connectivity index (χ1n) is 8.46. The number of nitrogens with two attached hydrogens (primary N) is 1. The van der Waals surface area contributed by atoms with Gasteiger partial charge in [0.25, 0.3) is 0 Å². The molecule has 1 aliphatic heterocycles. The molecule has 120 valence electrons. The van der Waals surface area contributed by atoms with Gasteiger partial charge in [0.05, 0.1) is 6.10 Å². The Morgan fingerprint density at radius 3 is 2.10 bits per heavy atom. The molecule has 0 amide bonds. The lowest BCUT2D eigenvalue weighted by Crippen LogP contribution is -2.59. The van der Waals surface area contributed by atoms with Gasteiger partial charge >= 0.3 is 0 Å². The third-order valence-corrected chi connectivity index (χ3v) is 4.64. The van der Waals surface area contributed by atoms with Crippen LogP contribution in [0.2, 0.25) is 0 Å². The number of hydrogen-bond donors (Lipinski definition) is 1. The van der Waals surface area contributed by atoms with E-state index in [1.165, 1.54) is 25.9 Å². The van der Waals surface area contributed by atoms with Crippen molar-refractivity contribution >= 4 is 0 Å². The van der Waals surface area contributed by atoms with Crippen LogP contribution in [-0.2, 0) is 4.74 Å². The van der Waals surface area contributed by atoms with Gasteiger partial charge in [-0.3, -0.25) is 4.90 Å². The van der Waals surface area contributed by atoms with Crippen LogP contribution < -0.4 is 5.73 Å². The second-order valence-electron chi connectivity index (χ2n) is 7.42. The molecule has 0 saturated carbocycles. The van der Waals surface area contributed by atoms with Gasteiger partial charge in [-0.1, -0.05) is 27.7 Å². The van der Waals surface area contributed by atoms with E-state index in [1.54, 1.807) is 0 Å². The van der Waals surface area contributed by atoms with Crippen molar-refractivity contribution in [1.82, 2.24) is 4.90 Å². The summed E-state index contributed by atoms with van der Waals surface area (Å²) < 4.78 is 5.75. The van der Waals surface area contributed by atoms with E-state index >= 15 is 0 Å². The fraction of sp³-hybridized carbons (Fsp3) is 1.00. The van der Waals surface area contributed by atoms with Crippen molar-refractivity contribution in [2.45, 2.75) is 71.9 Å². The molecular weight excluding hydrogens is 248 g/mol. The molecular formula is C17H36N2O. The Kier molecular flexibility index (Phi) is 7.49. The van der Waals surface area contributed by atoms with E-state index in [-0.39, 0.29) is 5.54 Å². The van der Waals surface area contributed by atoms with Gasteiger partial charge in [-0.2, -0.15) is 0 Å². The Morgan fingerprint density at radius 2 is 1.70 bits per heavy atom. The summed E-state index contributed by atoms with van der Waals surface area (Å²) in [6.07, 6.45) is 5.03. The Balaban J connectivity index is 2.75. The zero-order chi connectivity index (χ0) is 15.2. The number of ether oxygens (including phenoxy) is 1. The van der Waals surface area contributed by atoms with Crippen molar-refractivity contribution in [1.29, 1.82) is 0 Å². The minimum absolute atomic E-state index is 0.168. The van der Waals surface area contributed by atoms with E-state index in [9.17, 15) is 0 Å². The van der Waals surface area contributed by atoms with Crippen molar-refractivity contribution in [2.24, 2.45) is 17.6 Å². The van der Waals surface area contributed by atoms with Crippen LogP contribution in [0.4, 0.5) is 0 Å². The molecule has 1 rings (SSSR count). The predicted octanol–water partition coefficient (Wildman–Crippen LogP) is 3.28.